The Morgan fingerprint density at radius 2 is 1.65 bits per heavy atom. The van der Waals surface area contributed by atoms with E-state index in [0.29, 0.717) is 0 Å². The highest BCUT2D eigenvalue weighted by molar-refractivity contribution is 9.10. The topological polar surface area (TPSA) is 70.9 Å². The van der Waals surface area contributed by atoms with Crippen LogP contribution in [0.15, 0.2) is 47.1 Å². The summed E-state index contributed by atoms with van der Waals surface area (Å²) in [4.78, 5) is 35.8. The number of amides is 1. The predicted octanol–water partition coefficient (Wildman–Crippen LogP) is 6.39. The van der Waals surface area contributed by atoms with Crippen LogP contribution in [-0.4, -0.2) is 71.2 Å². The molecule has 1 saturated heterocycles. The van der Waals surface area contributed by atoms with Crippen molar-refractivity contribution in [3.63, 3.8) is 0 Å². The summed E-state index contributed by atoms with van der Waals surface area (Å²) in [5.74, 6) is 1.11. The first-order valence-electron chi connectivity index (χ1n) is 14.1. The summed E-state index contributed by atoms with van der Waals surface area (Å²) in [6.07, 6.45) is 3.61. The third-order valence-electron chi connectivity index (χ3n) is 8.30. The van der Waals surface area contributed by atoms with Crippen LogP contribution in [0.5, 0.6) is 0 Å². The summed E-state index contributed by atoms with van der Waals surface area (Å²) in [7, 11) is 1.83. The summed E-state index contributed by atoms with van der Waals surface area (Å²) in [6, 6.07) is 13.1. The van der Waals surface area contributed by atoms with Crippen LogP contribution in [0.1, 0.15) is 65.0 Å². The molecule has 214 valence electrons. The molecule has 2 aliphatic rings. The number of Topliss-reactive ketones (excluding diaryl/α,β-unsaturated/α-hetero) is 1. The van der Waals surface area contributed by atoms with E-state index in [4.69, 9.17) is 9.72 Å². The maximum atomic E-state index is 12.5. The van der Waals surface area contributed by atoms with Crippen molar-refractivity contribution in [1.29, 1.82) is 0 Å². The van der Waals surface area contributed by atoms with Gasteiger partial charge in [-0.1, -0.05) is 19.1 Å². The lowest BCUT2D eigenvalue weighted by atomic mass is 9.85. The van der Waals surface area contributed by atoms with E-state index in [9.17, 15) is 9.59 Å². The normalized spacial score (nSPS) is 20.3. The average Bonchev–Trinajstić information content (AvgIpc) is 3.21. The number of carbonyl (C=O) groups excluding carboxylic acids is 2. The van der Waals surface area contributed by atoms with E-state index in [0.717, 1.165) is 65.9 Å². The smallest absolute Gasteiger partial charge is 0.410 e. The number of benzene rings is 1. The Hall–Kier alpha value is -3.07. The predicted molar refractivity (Wildman–Crippen MR) is 163 cm³/mol. The van der Waals surface area contributed by atoms with Crippen LogP contribution in [0.4, 0.5) is 16.3 Å². The van der Waals surface area contributed by atoms with Gasteiger partial charge in [-0.25, -0.2) is 9.78 Å². The Morgan fingerprint density at radius 3 is 2.25 bits per heavy atom. The largest absolute Gasteiger partial charge is 0.444 e. The fourth-order valence-corrected chi connectivity index (χ4v) is 6.05. The van der Waals surface area contributed by atoms with Crippen LogP contribution in [0.2, 0.25) is 0 Å². The van der Waals surface area contributed by atoms with Gasteiger partial charge in [0.25, 0.3) is 0 Å². The summed E-state index contributed by atoms with van der Waals surface area (Å²) in [5, 5.41) is 1.10. The highest BCUT2D eigenvalue weighted by Gasteiger charge is 2.37. The number of carbonyl (C=O) groups is 2. The summed E-state index contributed by atoms with van der Waals surface area (Å²) in [6.45, 7) is 12.9. The highest BCUT2D eigenvalue weighted by Crippen LogP contribution is 2.40. The fraction of sp³-hybridized carbons (Fsp3) is 0.516. The van der Waals surface area contributed by atoms with Crippen molar-refractivity contribution in [2.24, 2.45) is 0 Å². The molecule has 1 atom stereocenters. The van der Waals surface area contributed by atoms with E-state index >= 15 is 0 Å². The molecule has 0 spiro atoms. The second kappa shape index (κ2) is 11.1. The molecule has 1 aliphatic heterocycles. The molecule has 2 fully saturated rings. The molecule has 1 aromatic carbocycles. The van der Waals surface area contributed by atoms with Crippen LogP contribution < -0.4 is 9.80 Å². The first kappa shape index (κ1) is 28.5. The minimum absolute atomic E-state index is 0.0671. The molecule has 1 amide bonds. The van der Waals surface area contributed by atoms with E-state index in [-0.39, 0.29) is 29.9 Å². The lowest BCUT2D eigenvalue weighted by Crippen LogP contribution is -2.47. The van der Waals surface area contributed by atoms with Crippen molar-refractivity contribution in [2.75, 3.05) is 43.0 Å². The van der Waals surface area contributed by atoms with Crippen molar-refractivity contribution in [1.82, 2.24) is 14.5 Å². The zero-order valence-corrected chi connectivity index (χ0v) is 25.9. The monoisotopic (exact) mass is 609 g/mol. The van der Waals surface area contributed by atoms with E-state index < -0.39 is 5.60 Å². The molecule has 0 N–H and O–H groups in total. The Kier molecular flexibility index (Phi) is 7.88. The van der Waals surface area contributed by atoms with Gasteiger partial charge in [0.1, 0.15) is 22.8 Å². The number of piperazine rings is 1. The van der Waals surface area contributed by atoms with Gasteiger partial charge in [-0.05, 0) is 86.3 Å². The quantitative estimate of drug-likeness (QED) is 0.322. The SMILES string of the molecule is CC(=O)[C@H](C)c1ccc(N2CCN(c3ccc4c(Br)cn(C5CC(N(C)C(=O)OC(C)(C)C)C5)c4n3)CC2)cc1. The lowest BCUT2D eigenvalue weighted by Gasteiger charge is -2.42. The molecule has 1 aliphatic carbocycles. The molecule has 8 nitrogen and oxygen atoms in total. The first-order chi connectivity index (χ1) is 18.9. The number of ether oxygens (including phenoxy) is 1. The molecule has 3 heterocycles. The molecule has 2 aromatic heterocycles. The van der Waals surface area contributed by atoms with Crippen LogP contribution in [0, 0.1) is 0 Å². The number of ketones is 1. The van der Waals surface area contributed by atoms with Crippen LogP contribution in [-0.2, 0) is 9.53 Å². The number of pyridine rings is 1. The molecule has 40 heavy (non-hydrogen) atoms. The number of fused-ring (bicyclic) bond motifs is 1. The molecule has 0 bridgehead atoms. The van der Waals surface area contributed by atoms with Crippen molar-refractivity contribution < 1.29 is 14.3 Å². The standard InChI is InChI=1S/C31H40BrN5O3/c1-20(21(2)38)22-7-9-23(10-8-22)35-13-15-36(16-14-35)28-12-11-26-27(32)19-37(29(26)33-28)25-17-24(18-25)34(6)30(39)40-31(3,4)5/h7-12,19-20,24-25H,13-18H2,1-6H3/t20-,24?,25?/m0/s1. The van der Waals surface area contributed by atoms with Gasteiger partial charge in [-0.2, -0.15) is 0 Å². The van der Waals surface area contributed by atoms with Gasteiger partial charge >= 0.3 is 6.09 Å². The third kappa shape index (κ3) is 5.85. The zero-order chi connectivity index (χ0) is 28.8. The Bertz CT molecular complexity index is 1380. The van der Waals surface area contributed by atoms with Gasteiger partial charge in [0.05, 0.1) is 0 Å². The van der Waals surface area contributed by atoms with Crippen LogP contribution in [0.3, 0.4) is 0 Å². The van der Waals surface area contributed by atoms with Crippen LogP contribution in [0.25, 0.3) is 11.0 Å². The summed E-state index contributed by atoms with van der Waals surface area (Å²) < 4.78 is 8.86. The van der Waals surface area contributed by atoms with Gasteiger partial charge in [-0.3, -0.25) is 4.79 Å². The Labute approximate surface area is 245 Å². The Balaban J connectivity index is 1.23. The number of rotatable bonds is 6. The van der Waals surface area contributed by atoms with Gasteiger partial charge in [0.2, 0.25) is 0 Å². The molecular weight excluding hydrogens is 570 g/mol. The number of nitrogens with zero attached hydrogens (tertiary/aromatic N) is 5. The first-order valence-corrected chi connectivity index (χ1v) is 14.9. The van der Waals surface area contributed by atoms with Crippen molar-refractivity contribution in [3.8, 4) is 0 Å². The molecule has 9 heteroatoms. The van der Waals surface area contributed by atoms with Crippen molar-refractivity contribution in [3.05, 3.63) is 52.6 Å². The second-order valence-corrected chi connectivity index (χ2v) is 13.0. The number of aromatic nitrogens is 2. The molecule has 0 unspecified atom stereocenters. The lowest BCUT2D eigenvalue weighted by molar-refractivity contribution is -0.118. The number of hydrogen-bond acceptors (Lipinski definition) is 6. The third-order valence-corrected chi connectivity index (χ3v) is 8.93. The molecule has 5 rings (SSSR count). The maximum Gasteiger partial charge on any atom is 0.410 e. The van der Waals surface area contributed by atoms with E-state index in [2.05, 4.69) is 72.9 Å². The second-order valence-electron chi connectivity index (χ2n) is 12.2. The van der Waals surface area contributed by atoms with Gasteiger partial charge in [0.15, 0.2) is 0 Å². The van der Waals surface area contributed by atoms with Crippen molar-refractivity contribution in [2.45, 2.75) is 71.1 Å². The van der Waals surface area contributed by atoms with E-state index in [1.807, 2.05) is 34.7 Å². The highest BCUT2D eigenvalue weighted by atomic mass is 79.9. The van der Waals surface area contributed by atoms with Gasteiger partial charge < -0.3 is 24.0 Å². The summed E-state index contributed by atoms with van der Waals surface area (Å²) >= 11 is 3.73. The van der Waals surface area contributed by atoms with E-state index in [1.165, 1.54) is 5.69 Å². The zero-order valence-electron chi connectivity index (χ0n) is 24.4. The fourth-order valence-electron chi connectivity index (χ4n) is 5.52. The maximum absolute atomic E-state index is 12.5. The van der Waals surface area contributed by atoms with Gasteiger partial charge in [-0.15, -0.1) is 0 Å². The van der Waals surface area contributed by atoms with Crippen LogP contribution >= 0.6 is 15.9 Å². The molecule has 1 saturated carbocycles. The van der Waals surface area contributed by atoms with Crippen molar-refractivity contribution >= 4 is 50.3 Å². The summed E-state index contributed by atoms with van der Waals surface area (Å²) in [5.41, 5.74) is 2.74. The van der Waals surface area contributed by atoms with E-state index in [1.54, 1.807) is 11.8 Å². The number of hydrogen-bond donors (Lipinski definition) is 0. The Morgan fingerprint density at radius 1 is 1.02 bits per heavy atom. The molecule has 3 aromatic rings. The molecular formula is C31H40BrN5O3. The average molecular weight is 611 g/mol. The minimum Gasteiger partial charge on any atom is -0.444 e. The molecule has 0 radical (unpaired) electrons. The van der Waals surface area contributed by atoms with Gasteiger partial charge in [0, 0.05) is 73.0 Å². The number of anilines is 2. The number of halogens is 1. The minimum atomic E-state index is -0.499.